The number of amides is 4. The van der Waals surface area contributed by atoms with E-state index in [9.17, 15) is 14.4 Å². The van der Waals surface area contributed by atoms with Crippen LogP contribution in [-0.4, -0.2) is 70.6 Å². The minimum Gasteiger partial charge on any atom is -0.364 e. The molecule has 208 valence electrons. The molecule has 2 atom stereocenters. The van der Waals surface area contributed by atoms with Gasteiger partial charge < -0.3 is 15.0 Å². The quantitative estimate of drug-likeness (QED) is 0.309. The van der Waals surface area contributed by atoms with Gasteiger partial charge in [0.25, 0.3) is 0 Å². The van der Waals surface area contributed by atoms with E-state index in [4.69, 9.17) is 4.98 Å². The average Bonchev–Trinajstić information content (AvgIpc) is 3.89. The topological polar surface area (TPSA) is 164 Å². The van der Waals surface area contributed by atoms with Crippen LogP contribution in [0.2, 0.25) is 0 Å². The van der Waals surface area contributed by atoms with Gasteiger partial charge in [0.15, 0.2) is 5.65 Å². The minimum absolute atomic E-state index is 0.00812. The maximum absolute atomic E-state index is 12.8. The fourth-order valence-electron chi connectivity index (χ4n) is 5.13. The Kier molecular flexibility index (Phi) is 5.83. The predicted octanol–water partition coefficient (Wildman–Crippen LogP) is 2.25. The first-order valence-electron chi connectivity index (χ1n) is 13.5. The number of imide groups is 1. The molecule has 14 heteroatoms. The van der Waals surface area contributed by atoms with Gasteiger partial charge in [0.2, 0.25) is 11.8 Å². The number of carbonyl (C=O) groups is 3. The summed E-state index contributed by atoms with van der Waals surface area (Å²) >= 11 is 0. The van der Waals surface area contributed by atoms with E-state index >= 15 is 0 Å². The summed E-state index contributed by atoms with van der Waals surface area (Å²) in [6.07, 6.45) is 9.68. The van der Waals surface area contributed by atoms with Gasteiger partial charge >= 0.3 is 6.03 Å². The molecule has 4 aromatic rings. The molecule has 0 spiro atoms. The Labute approximate surface area is 234 Å². The minimum atomic E-state index is -0.357. The monoisotopic (exact) mass is 553 g/mol. The van der Waals surface area contributed by atoms with Gasteiger partial charge in [0.05, 0.1) is 17.9 Å². The van der Waals surface area contributed by atoms with E-state index in [1.165, 1.54) is 24.6 Å². The summed E-state index contributed by atoms with van der Waals surface area (Å²) in [6, 6.07) is 3.29. The zero-order chi connectivity index (χ0) is 28.2. The SMILES string of the molecule is Cc1ncnc(C2CC2C(=O)Nc2cc(NCc3cn4cc(C5CC5)cc(N5CC(=O)N(C)C5=O)c4n3)ncn2)n1. The third kappa shape index (κ3) is 4.81. The molecule has 0 radical (unpaired) electrons. The van der Waals surface area contributed by atoms with Crippen LogP contribution in [0, 0.1) is 12.8 Å². The molecule has 14 nitrogen and oxygen atoms in total. The number of carbonyl (C=O) groups excluding carboxylic acids is 3. The number of likely N-dealkylation sites (N-methyl/N-ethyl adjacent to an activating group) is 1. The van der Waals surface area contributed by atoms with Gasteiger partial charge in [-0.25, -0.2) is 34.7 Å². The van der Waals surface area contributed by atoms with Gasteiger partial charge in [-0.2, -0.15) is 0 Å². The van der Waals surface area contributed by atoms with Crippen LogP contribution < -0.4 is 15.5 Å². The number of anilines is 3. The normalized spacial score (nSPS) is 20.1. The van der Waals surface area contributed by atoms with E-state index in [1.54, 1.807) is 13.0 Å². The molecule has 1 saturated heterocycles. The van der Waals surface area contributed by atoms with Crippen molar-refractivity contribution in [2.24, 2.45) is 5.92 Å². The molecular formula is C27H27N11O3. The first kappa shape index (κ1) is 25.0. The number of hydrogen-bond acceptors (Lipinski definition) is 10. The number of hydrogen-bond donors (Lipinski definition) is 2. The van der Waals surface area contributed by atoms with Crippen LogP contribution in [0.1, 0.15) is 54.0 Å². The predicted molar refractivity (Wildman–Crippen MR) is 146 cm³/mol. The Bertz CT molecular complexity index is 1720. The van der Waals surface area contributed by atoms with E-state index in [0.29, 0.717) is 53.5 Å². The molecule has 4 aromatic heterocycles. The van der Waals surface area contributed by atoms with E-state index < -0.39 is 0 Å². The fourth-order valence-corrected chi connectivity index (χ4v) is 5.13. The zero-order valence-electron chi connectivity index (χ0n) is 22.5. The Hall–Kier alpha value is -5.01. The van der Waals surface area contributed by atoms with Crippen molar-refractivity contribution in [3.05, 3.63) is 60.1 Å². The largest absolute Gasteiger partial charge is 0.364 e. The third-order valence-electron chi connectivity index (χ3n) is 7.67. The number of aryl methyl sites for hydroxylation is 1. The average molecular weight is 554 g/mol. The Morgan fingerprint density at radius 2 is 1.83 bits per heavy atom. The summed E-state index contributed by atoms with van der Waals surface area (Å²) in [5.74, 6) is 2.00. The van der Waals surface area contributed by atoms with Crippen molar-refractivity contribution in [3.8, 4) is 0 Å². The van der Waals surface area contributed by atoms with Gasteiger partial charge in [0.1, 0.15) is 42.5 Å². The Balaban J connectivity index is 1.05. The van der Waals surface area contributed by atoms with Crippen LogP contribution in [0.3, 0.4) is 0 Å². The van der Waals surface area contributed by atoms with E-state index in [1.807, 2.05) is 22.9 Å². The molecule has 0 aromatic carbocycles. The van der Waals surface area contributed by atoms with E-state index in [0.717, 1.165) is 29.0 Å². The fraction of sp³-hybridized carbons (Fsp3) is 0.370. The second-order valence-electron chi connectivity index (χ2n) is 10.7. The molecule has 4 amide bonds. The molecule has 7 rings (SSSR count). The van der Waals surface area contributed by atoms with E-state index in [2.05, 4.69) is 35.6 Å². The molecule has 3 fully saturated rings. The van der Waals surface area contributed by atoms with Crippen LogP contribution in [0.5, 0.6) is 0 Å². The molecule has 0 bridgehead atoms. The number of nitrogens with zero attached hydrogens (tertiary/aromatic N) is 9. The first-order valence-corrected chi connectivity index (χ1v) is 13.5. The van der Waals surface area contributed by atoms with Crippen molar-refractivity contribution in [2.75, 3.05) is 29.1 Å². The van der Waals surface area contributed by atoms with Crippen LogP contribution >= 0.6 is 0 Å². The highest BCUT2D eigenvalue weighted by atomic mass is 16.2. The van der Waals surface area contributed by atoms with Crippen LogP contribution in [0.15, 0.2) is 37.2 Å². The number of urea groups is 1. The molecule has 2 N–H and O–H groups in total. The second-order valence-corrected chi connectivity index (χ2v) is 10.7. The van der Waals surface area contributed by atoms with Gasteiger partial charge in [-0.3, -0.25) is 19.4 Å². The highest BCUT2D eigenvalue weighted by Crippen LogP contribution is 2.46. The highest BCUT2D eigenvalue weighted by Gasteiger charge is 2.46. The van der Waals surface area contributed by atoms with Gasteiger partial charge in [-0.1, -0.05) is 0 Å². The maximum Gasteiger partial charge on any atom is 0.331 e. The molecular weight excluding hydrogens is 526 g/mol. The highest BCUT2D eigenvalue weighted by molar-refractivity contribution is 6.13. The lowest BCUT2D eigenvalue weighted by atomic mass is 10.1. The van der Waals surface area contributed by atoms with E-state index in [-0.39, 0.29) is 36.2 Å². The van der Waals surface area contributed by atoms with Crippen LogP contribution in [0.4, 0.5) is 22.1 Å². The van der Waals surface area contributed by atoms with Crippen molar-refractivity contribution in [2.45, 2.75) is 44.6 Å². The van der Waals surface area contributed by atoms with Gasteiger partial charge in [-0.05, 0) is 43.7 Å². The molecule has 2 unspecified atom stereocenters. The molecule has 1 aliphatic heterocycles. The van der Waals surface area contributed by atoms with Crippen molar-refractivity contribution < 1.29 is 14.4 Å². The lowest BCUT2D eigenvalue weighted by Crippen LogP contribution is -2.30. The number of rotatable bonds is 8. The second kappa shape index (κ2) is 9.57. The van der Waals surface area contributed by atoms with Crippen LogP contribution in [-0.2, 0) is 16.1 Å². The molecule has 2 aliphatic carbocycles. The molecule has 3 aliphatic rings. The summed E-state index contributed by atoms with van der Waals surface area (Å²) < 4.78 is 1.92. The first-order chi connectivity index (χ1) is 19.8. The number of nitrogens with one attached hydrogen (secondary N) is 2. The van der Waals surface area contributed by atoms with Crippen LogP contribution in [0.25, 0.3) is 5.65 Å². The lowest BCUT2D eigenvalue weighted by Gasteiger charge is -2.17. The molecule has 41 heavy (non-hydrogen) atoms. The summed E-state index contributed by atoms with van der Waals surface area (Å²) in [4.78, 5) is 66.1. The number of pyridine rings is 1. The molecule has 5 heterocycles. The summed E-state index contributed by atoms with van der Waals surface area (Å²) in [5.41, 5.74) is 3.08. The van der Waals surface area contributed by atoms with Crippen molar-refractivity contribution in [3.63, 3.8) is 0 Å². The summed E-state index contributed by atoms with van der Waals surface area (Å²) in [6.45, 7) is 2.14. The summed E-state index contributed by atoms with van der Waals surface area (Å²) in [7, 11) is 1.49. The number of imidazole rings is 1. The van der Waals surface area contributed by atoms with Crippen molar-refractivity contribution in [1.29, 1.82) is 0 Å². The zero-order valence-corrected chi connectivity index (χ0v) is 22.5. The Morgan fingerprint density at radius 1 is 1.02 bits per heavy atom. The Morgan fingerprint density at radius 3 is 2.59 bits per heavy atom. The molecule has 2 saturated carbocycles. The van der Waals surface area contributed by atoms with Gasteiger partial charge in [0, 0.05) is 37.3 Å². The standard InChI is InChI=1S/C27H27N11O3/c1-14-29-12-32-24(33-14)18-6-19(18)26(40)35-22-7-21(30-13-31-22)28-8-17-10-37-9-16(15-3-4-15)5-20(25(37)34-17)38-11-23(39)36(2)27(38)41/h5,7,9-10,12-13,15,18-19H,3-4,6,8,11H2,1-2H3,(H2,28,30,31,35,40). The van der Waals surface area contributed by atoms with Gasteiger partial charge in [-0.15, -0.1) is 0 Å². The smallest absolute Gasteiger partial charge is 0.331 e. The summed E-state index contributed by atoms with van der Waals surface area (Å²) in [5, 5.41) is 6.10. The lowest BCUT2D eigenvalue weighted by molar-refractivity contribution is -0.124. The van der Waals surface area contributed by atoms with Crippen molar-refractivity contribution >= 4 is 40.8 Å². The van der Waals surface area contributed by atoms with Crippen molar-refractivity contribution in [1.82, 2.24) is 39.2 Å². The third-order valence-corrected chi connectivity index (χ3v) is 7.67. The number of fused-ring (bicyclic) bond motifs is 1. The number of aromatic nitrogens is 7. The maximum atomic E-state index is 12.8.